The summed E-state index contributed by atoms with van der Waals surface area (Å²) in [5, 5.41) is 4.07. The van der Waals surface area contributed by atoms with Gasteiger partial charge in [-0.25, -0.2) is 14.5 Å². The molecule has 0 saturated carbocycles. The number of aryl methyl sites for hydroxylation is 2. The van der Waals surface area contributed by atoms with E-state index >= 15 is 0 Å². The highest BCUT2D eigenvalue weighted by molar-refractivity contribution is 5.86. The van der Waals surface area contributed by atoms with E-state index in [0.29, 0.717) is 18.1 Å². The quantitative estimate of drug-likeness (QED) is 0.595. The van der Waals surface area contributed by atoms with E-state index in [9.17, 15) is 9.59 Å². The van der Waals surface area contributed by atoms with Gasteiger partial charge in [-0.15, -0.1) is 0 Å². The molecule has 1 aromatic carbocycles. The molecule has 0 atom stereocenters. The van der Waals surface area contributed by atoms with Gasteiger partial charge in [0.05, 0.1) is 0 Å². The topological polar surface area (TPSA) is 87.2 Å². The molecule has 3 aromatic rings. The fourth-order valence-corrected chi connectivity index (χ4v) is 2.44. The second-order valence-electron chi connectivity index (χ2n) is 6.22. The molecule has 2 heterocycles. The smallest absolute Gasteiger partial charge is 0.359 e. The Balaban J connectivity index is 1.64. The standard InChI is InChI=1S/C20H21N3O4/c1-3-4-11-23-18(24)10-9-17(22-23)20(25)27-13-16-12-26-19(21-16)15-7-5-14(2)6-8-15/h5-10,12H,3-4,11,13H2,1-2H3. The van der Waals surface area contributed by atoms with Crippen molar-refractivity contribution < 1.29 is 13.9 Å². The van der Waals surface area contributed by atoms with Gasteiger partial charge in [0.15, 0.2) is 5.69 Å². The Morgan fingerprint density at radius 2 is 1.96 bits per heavy atom. The highest BCUT2D eigenvalue weighted by Crippen LogP contribution is 2.19. The van der Waals surface area contributed by atoms with Crippen molar-refractivity contribution >= 4 is 5.97 Å². The number of carbonyl (C=O) groups excluding carboxylic acids is 1. The zero-order valence-electron chi connectivity index (χ0n) is 15.3. The maximum atomic E-state index is 12.2. The van der Waals surface area contributed by atoms with Gasteiger partial charge in [0.1, 0.15) is 18.6 Å². The molecule has 140 valence electrons. The summed E-state index contributed by atoms with van der Waals surface area (Å²) in [6.07, 6.45) is 3.20. The zero-order valence-corrected chi connectivity index (χ0v) is 15.3. The number of hydrogen-bond donors (Lipinski definition) is 0. The van der Waals surface area contributed by atoms with Crippen molar-refractivity contribution in [2.75, 3.05) is 0 Å². The number of esters is 1. The summed E-state index contributed by atoms with van der Waals surface area (Å²) in [6.45, 7) is 4.46. The fraction of sp³-hybridized carbons (Fsp3) is 0.300. The minimum Gasteiger partial charge on any atom is -0.454 e. The summed E-state index contributed by atoms with van der Waals surface area (Å²) >= 11 is 0. The van der Waals surface area contributed by atoms with Crippen molar-refractivity contribution in [2.45, 2.75) is 39.8 Å². The van der Waals surface area contributed by atoms with Crippen LogP contribution in [0.5, 0.6) is 0 Å². The number of hydrogen-bond acceptors (Lipinski definition) is 6. The van der Waals surface area contributed by atoms with Crippen LogP contribution in [0.2, 0.25) is 0 Å². The van der Waals surface area contributed by atoms with Crippen molar-refractivity contribution in [3.63, 3.8) is 0 Å². The molecule has 2 aromatic heterocycles. The Hall–Kier alpha value is -3.22. The number of nitrogens with zero attached hydrogens (tertiary/aromatic N) is 3. The lowest BCUT2D eigenvalue weighted by Gasteiger charge is -2.06. The molecular weight excluding hydrogens is 346 g/mol. The minimum atomic E-state index is -0.611. The van der Waals surface area contributed by atoms with Crippen LogP contribution < -0.4 is 5.56 Å². The van der Waals surface area contributed by atoms with Crippen LogP contribution in [0.15, 0.2) is 51.9 Å². The predicted molar refractivity (Wildman–Crippen MR) is 99.2 cm³/mol. The predicted octanol–water partition coefficient (Wildman–Crippen LogP) is 3.36. The first kappa shape index (κ1) is 18.6. The van der Waals surface area contributed by atoms with Crippen LogP contribution in [0.3, 0.4) is 0 Å². The Bertz CT molecular complexity index is 973. The van der Waals surface area contributed by atoms with Gasteiger partial charge in [0, 0.05) is 18.2 Å². The summed E-state index contributed by atoms with van der Waals surface area (Å²) in [7, 11) is 0. The van der Waals surface area contributed by atoms with Crippen LogP contribution in [0.1, 0.15) is 41.5 Å². The fourth-order valence-electron chi connectivity index (χ4n) is 2.44. The number of benzene rings is 1. The molecule has 27 heavy (non-hydrogen) atoms. The molecule has 0 radical (unpaired) electrons. The molecule has 0 unspecified atom stereocenters. The van der Waals surface area contributed by atoms with Gasteiger partial charge >= 0.3 is 5.97 Å². The Labute approximate surface area is 156 Å². The number of rotatable bonds is 7. The van der Waals surface area contributed by atoms with E-state index in [1.807, 2.05) is 38.1 Å². The van der Waals surface area contributed by atoms with Crippen LogP contribution in [-0.2, 0) is 17.9 Å². The summed E-state index contributed by atoms with van der Waals surface area (Å²) in [6, 6.07) is 10.5. The molecule has 0 saturated heterocycles. The molecule has 3 rings (SSSR count). The number of ether oxygens (including phenoxy) is 1. The zero-order chi connectivity index (χ0) is 19.2. The molecular formula is C20H21N3O4. The molecule has 0 spiro atoms. The third-order valence-electron chi connectivity index (χ3n) is 4.00. The lowest BCUT2D eigenvalue weighted by atomic mass is 10.1. The van der Waals surface area contributed by atoms with Crippen molar-refractivity contribution in [1.29, 1.82) is 0 Å². The highest BCUT2D eigenvalue weighted by Gasteiger charge is 2.13. The maximum absolute atomic E-state index is 12.2. The van der Waals surface area contributed by atoms with Crippen LogP contribution in [0, 0.1) is 6.92 Å². The van der Waals surface area contributed by atoms with Crippen molar-refractivity contribution in [1.82, 2.24) is 14.8 Å². The summed E-state index contributed by atoms with van der Waals surface area (Å²) in [5.41, 5.74) is 2.35. The van der Waals surface area contributed by atoms with Crippen LogP contribution in [0.4, 0.5) is 0 Å². The van der Waals surface area contributed by atoms with Gasteiger partial charge in [-0.3, -0.25) is 4.79 Å². The van der Waals surface area contributed by atoms with E-state index in [2.05, 4.69) is 10.1 Å². The largest absolute Gasteiger partial charge is 0.454 e. The van der Waals surface area contributed by atoms with Gasteiger partial charge in [-0.05, 0) is 31.5 Å². The van der Waals surface area contributed by atoms with E-state index in [-0.39, 0.29) is 17.9 Å². The summed E-state index contributed by atoms with van der Waals surface area (Å²) in [4.78, 5) is 28.3. The third kappa shape index (κ3) is 4.69. The Kier molecular flexibility index (Phi) is 5.80. The van der Waals surface area contributed by atoms with Gasteiger partial charge < -0.3 is 9.15 Å². The number of aromatic nitrogens is 3. The minimum absolute atomic E-state index is 0.0377. The van der Waals surface area contributed by atoms with Crippen LogP contribution >= 0.6 is 0 Å². The number of unbranched alkanes of at least 4 members (excludes halogenated alkanes) is 1. The first-order valence-corrected chi connectivity index (χ1v) is 8.83. The average Bonchev–Trinajstić information content (AvgIpc) is 3.15. The van der Waals surface area contributed by atoms with E-state index in [0.717, 1.165) is 24.0 Å². The van der Waals surface area contributed by atoms with E-state index < -0.39 is 5.97 Å². The SMILES string of the molecule is CCCCn1nc(C(=O)OCc2coc(-c3ccc(C)cc3)n2)ccc1=O. The maximum Gasteiger partial charge on any atom is 0.359 e. The monoisotopic (exact) mass is 367 g/mol. The second-order valence-corrected chi connectivity index (χ2v) is 6.22. The normalized spacial score (nSPS) is 10.7. The molecule has 0 N–H and O–H groups in total. The van der Waals surface area contributed by atoms with Crippen molar-refractivity contribution in [3.8, 4) is 11.5 Å². The molecule has 7 heteroatoms. The first-order chi connectivity index (χ1) is 13.1. The molecule has 0 bridgehead atoms. The summed E-state index contributed by atoms with van der Waals surface area (Å²) in [5.74, 6) is -0.146. The molecule has 0 amide bonds. The van der Waals surface area contributed by atoms with Crippen LogP contribution in [0.25, 0.3) is 11.5 Å². The lowest BCUT2D eigenvalue weighted by molar-refractivity contribution is 0.0457. The third-order valence-corrected chi connectivity index (χ3v) is 4.00. The van der Waals surface area contributed by atoms with Crippen molar-refractivity contribution in [2.24, 2.45) is 0 Å². The first-order valence-electron chi connectivity index (χ1n) is 8.83. The number of oxazole rings is 1. The molecule has 0 aliphatic carbocycles. The van der Waals surface area contributed by atoms with Crippen molar-refractivity contribution in [3.05, 3.63) is 70.0 Å². The molecule has 7 nitrogen and oxygen atoms in total. The molecule has 0 aliphatic rings. The molecule has 0 fully saturated rings. The van der Waals surface area contributed by atoms with Gasteiger partial charge in [-0.1, -0.05) is 31.0 Å². The average molecular weight is 367 g/mol. The lowest BCUT2D eigenvalue weighted by Crippen LogP contribution is -2.25. The summed E-state index contributed by atoms with van der Waals surface area (Å²) < 4.78 is 12.0. The van der Waals surface area contributed by atoms with Gasteiger partial charge in [0.25, 0.3) is 5.56 Å². The van der Waals surface area contributed by atoms with Crippen LogP contribution in [-0.4, -0.2) is 20.7 Å². The van der Waals surface area contributed by atoms with E-state index in [1.54, 1.807) is 0 Å². The highest BCUT2D eigenvalue weighted by atomic mass is 16.5. The Morgan fingerprint density at radius 1 is 1.19 bits per heavy atom. The molecule has 0 aliphatic heterocycles. The van der Waals surface area contributed by atoms with Gasteiger partial charge in [0.2, 0.25) is 5.89 Å². The Morgan fingerprint density at radius 3 is 2.70 bits per heavy atom. The number of carbonyl (C=O) groups is 1. The second kappa shape index (κ2) is 8.44. The van der Waals surface area contributed by atoms with E-state index in [1.165, 1.54) is 23.1 Å². The van der Waals surface area contributed by atoms with Gasteiger partial charge in [-0.2, -0.15) is 5.10 Å². The van der Waals surface area contributed by atoms with E-state index in [4.69, 9.17) is 9.15 Å².